The molecule has 120 valence electrons. The number of rotatable bonds is 2. The van der Waals surface area contributed by atoms with Crippen LogP contribution in [0.15, 0.2) is 24.5 Å². The van der Waals surface area contributed by atoms with Crippen molar-refractivity contribution in [1.82, 2.24) is 20.1 Å². The fraction of sp³-hybridized carbons (Fsp3) is 0.438. The predicted octanol–water partition coefficient (Wildman–Crippen LogP) is 2.15. The molecule has 1 aromatic carbocycles. The minimum Gasteiger partial charge on any atom is -0.493 e. The minimum atomic E-state index is -0.0620. The highest BCUT2D eigenvalue weighted by Crippen LogP contribution is 2.28. The van der Waals surface area contributed by atoms with Crippen LogP contribution >= 0.6 is 0 Å². The van der Waals surface area contributed by atoms with Gasteiger partial charge in [0.2, 0.25) is 0 Å². The molecule has 1 saturated heterocycles. The highest BCUT2D eigenvalue weighted by molar-refractivity contribution is 5.89. The maximum absolute atomic E-state index is 12.5. The molecule has 0 bridgehead atoms. The molecule has 2 N–H and O–H groups in total. The van der Waals surface area contributed by atoms with E-state index in [1.54, 1.807) is 0 Å². The molecule has 2 aliphatic heterocycles. The van der Waals surface area contributed by atoms with Gasteiger partial charge in [-0.1, -0.05) is 0 Å². The highest BCUT2D eigenvalue weighted by Gasteiger charge is 2.26. The van der Waals surface area contributed by atoms with Crippen molar-refractivity contribution in [3.63, 3.8) is 0 Å². The first-order valence-corrected chi connectivity index (χ1v) is 7.96. The number of benzene rings is 1. The van der Waals surface area contributed by atoms with Gasteiger partial charge in [-0.3, -0.25) is 5.10 Å². The number of ether oxygens (including phenoxy) is 1. The number of carbonyl (C=O) groups excluding carboxylic acids is 1. The van der Waals surface area contributed by atoms with Gasteiger partial charge in [0.05, 0.1) is 6.61 Å². The van der Waals surface area contributed by atoms with Crippen LogP contribution in [0.2, 0.25) is 0 Å². The van der Waals surface area contributed by atoms with Crippen molar-refractivity contribution in [2.45, 2.75) is 25.2 Å². The van der Waals surface area contributed by atoms with E-state index < -0.39 is 0 Å². The fourth-order valence-electron chi connectivity index (χ4n) is 3.26. The van der Waals surface area contributed by atoms with Crippen LogP contribution in [0.4, 0.5) is 10.5 Å². The molecule has 4 rings (SSSR count). The number of hydrogen-bond donors (Lipinski definition) is 2. The first kappa shape index (κ1) is 14.0. The van der Waals surface area contributed by atoms with Gasteiger partial charge in [-0.2, -0.15) is 5.10 Å². The number of H-pyrrole nitrogens is 1. The van der Waals surface area contributed by atoms with Gasteiger partial charge in [0, 0.05) is 31.1 Å². The molecule has 3 heterocycles. The Morgan fingerprint density at radius 2 is 2.39 bits per heavy atom. The lowest BCUT2D eigenvalue weighted by molar-refractivity contribution is 0.191. The van der Waals surface area contributed by atoms with Crippen molar-refractivity contribution in [3.8, 4) is 5.75 Å². The Hall–Kier alpha value is -2.57. The largest absolute Gasteiger partial charge is 0.493 e. The number of nitrogens with one attached hydrogen (secondary N) is 2. The number of anilines is 1. The van der Waals surface area contributed by atoms with E-state index in [0.717, 1.165) is 55.2 Å². The number of likely N-dealkylation sites (tertiary alicyclic amines) is 1. The Balaban J connectivity index is 1.42. The maximum atomic E-state index is 12.5. The highest BCUT2D eigenvalue weighted by atomic mass is 16.5. The third kappa shape index (κ3) is 2.86. The van der Waals surface area contributed by atoms with Crippen molar-refractivity contribution in [1.29, 1.82) is 0 Å². The Morgan fingerprint density at radius 1 is 1.43 bits per heavy atom. The molecule has 2 aromatic rings. The van der Waals surface area contributed by atoms with Gasteiger partial charge >= 0.3 is 6.03 Å². The molecule has 7 heteroatoms. The molecular formula is C16H19N5O2. The van der Waals surface area contributed by atoms with Gasteiger partial charge in [-0.05, 0) is 36.6 Å². The van der Waals surface area contributed by atoms with Crippen molar-refractivity contribution in [2.75, 3.05) is 25.0 Å². The Bertz CT molecular complexity index is 701. The molecule has 1 fully saturated rings. The van der Waals surface area contributed by atoms with E-state index >= 15 is 0 Å². The van der Waals surface area contributed by atoms with E-state index in [2.05, 4.69) is 20.5 Å². The summed E-state index contributed by atoms with van der Waals surface area (Å²) in [6.07, 6.45) is 4.41. The van der Waals surface area contributed by atoms with E-state index in [1.165, 1.54) is 6.33 Å². The van der Waals surface area contributed by atoms with Crippen LogP contribution in [0, 0.1) is 0 Å². The number of amides is 2. The average molecular weight is 313 g/mol. The summed E-state index contributed by atoms with van der Waals surface area (Å²) in [4.78, 5) is 18.6. The van der Waals surface area contributed by atoms with Crippen LogP contribution in [0.3, 0.4) is 0 Å². The fourth-order valence-corrected chi connectivity index (χ4v) is 3.26. The molecule has 0 radical (unpaired) electrons. The third-order valence-electron chi connectivity index (χ3n) is 4.47. The van der Waals surface area contributed by atoms with Crippen LogP contribution in [0.1, 0.15) is 30.1 Å². The molecule has 0 unspecified atom stereocenters. The van der Waals surface area contributed by atoms with Crippen LogP contribution in [0.25, 0.3) is 0 Å². The van der Waals surface area contributed by atoms with E-state index in [9.17, 15) is 4.79 Å². The maximum Gasteiger partial charge on any atom is 0.321 e. The summed E-state index contributed by atoms with van der Waals surface area (Å²) in [5.74, 6) is 2.01. The second kappa shape index (κ2) is 5.91. The lowest BCUT2D eigenvalue weighted by atomic mass is 9.98. The standard InChI is InChI=1S/C16H19N5O2/c22-16(19-13-3-4-14-11(8-13)5-7-23-14)21-6-1-2-12(9-21)15-17-10-18-20-15/h3-4,8,10,12H,1-2,5-7,9H2,(H,19,22)(H,17,18,20)/t12-/m1/s1. The van der Waals surface area contributed by atoms with Crippen LogP contribution in [-0.4, -0.2) is 45.8 Å². The molecule has 1 aromatic heterocycles. The monoisotopic (exact) mass is 313 g/mol. The Kier molecular flexibility index (Phi) is 3.61. The molecule has 2 amide bonds. The first-order valence-electron chi connectivity index (χ1n) is 7.96. The van der Waals surface area contributed by atoms with Crippen molar-refractivity contribution in [3.05, 3.63) is 35.9 Å². The van der Waals surface area contributed by atoms with Gasteiger partial charge in [-0.25, -0.2) is 9.78 Å². The van der Waals surface area contributed by atoms with Crippen molar-refractivity contribution < 1.29 is 9.53 Å². The first-order chi connectivity index (χ1) is 11.3. The van der Waals surface area contributed by atoms with Crippen molar-refractivity contribution >= 4 is 11.7 Å². The SMILES string of the molecule is O=C(Nc1ccc2c(c1)CCO2)N1CCC[C@@H](c2ncn[nH]2)C1. The van der Waals surface area contributed by atoms with Gasteiger partial charge < -0.3 is 15.0 Å². The lowest BCUT2D eigenvalue weighted by Gasteiger charge is -2.31. The second-order valence-corrected chi connectivity index (χ2v) is 6.01. The number of hydrogen-bond acceptors (Lipinski definition) is 4. The quantitative estimate of drug-likeness (QED) is 0.890. The zero-order valence-corrected chi connectivity index (χ0v) is 12.8. The number of piperidine rings is 1. The smallest absolute Gasteiger partial charge is 0.321 e. The van der Waals surface area contributed by atoms with Gasteiger partial charge in [0.15, 0.2) is 0 Å². The molecule has 1 atom stereocenters. The topological polar surface area (TPSA) is 83.1 Å². The summed E-state index contributed by atoms with van der Waals surface area (Å²) >= 11 is 0. The van der Waals surface area contributed by atoms with E-state index in [4.69, 9.17) is 4.74 Å². The second-order valence-electron chi connectivity index (χ2n) is 6.01. The normalized spacial score (nSPS) is 20.0. The Morgan fingerprint density at radius 3 is 3.26 bits per heavy atom. The summed E-state index contributed by atoms with van der Waals surface area (Å²) in [6, 6.07) is 5.75. The number of urea groups is 1. The summed E-state index contributed by atoms with van der Waals surface area (Å²) < 4.78 is 5.49. The molecule has 2 aliphatic rings. The number of carbonyl (C=O) groups is 1. The molecule has 7 nitrogen and oxygen atoms in total. The summed E-state index contributed by atoms with van der Waals surface area (Å²) in [5, 5.41) is 9.80. The molecular weight excluding hydrogens is 294 g/mol. The zero-order chi connectivity index (χ0) is 15.6. The van der Waals surface area contributed by atoms with Crippen LogP contribution in [-0.2, 0) is 6.42 Å². The molecule has 0 spiro atoms. The Labute approximate surface area is 134 Å². The number of nitrogens with zero attached hydrogens (tertiary/aromatic N) is 3. The van der Waals surface area contributed by atoms with Gasteiger partial charge in [-0.15, -0.1) is 0 Å². The zero-order valence-electron chi connectivity index (χ0n) is 12.8. The van der Waals surface area contributed by atoms with Gasteiger partial charge in [0.25, 0.3) is 0 Å². The van der Waals surface area contributed by atoms with Crippen LogP contribution < -0.4 is 10.1 Å². The lowest BCUT2D eigenvalue weighted by Crippen LogP contribution is -2.41. The molecule has 0 aliphatic carbocycles. The number of aromatic amines is 1. The summed E-state index contributed by atoms with van der Waals surface area (Å²) in [6.45, 7) is 2.15. The summed E-state index contributed by atoms with van der Waals surface area (Å²) in [7, 11) is 0. The summed E-state index contributed by atoms with van der Waals surface area (Å²) in [5.41, 5.74) is 1.97. The molecule has 23 heavy (non-hydrogen) atoms. The third-order valence-corrected chi connectivity index (χ3v) is 4.47. The number of aromatic nitrogens is 3. The number of fused-ring (bicyclic) bond motifs is 1. The van der Waals surface area contributed by atoms with Crippen LogP contribution in [0.5, 0.6) is 5.75 Å². The van der Waals surface area contributed by atoms with Crippen molar-refractivity contribution in [2.24, 2.45) is 0 Å². The van der Waals surface area contributed by atoms with E-state index in [1.807, 2.05) is 23.1 Å². The van der Waals surface area contributed by atoms with Gasteiger partial charge in [0.1, 0.15) is 17.9 Å². The molecule has 0 saturated carbocycles. The predicted molar refractivity (Wildman–Crippen MR) is 84.6 cm³/mol. The minimum absolute atomic E-state index is 0.0620. The van der Waals surface area contributed by atoms with E-state index in [0.29, 0.717) is 6.54 Å². The van der Waals surface area contributed by atoms with E-state index in [-0.39, 0.29) is 11.9 Å². The average Bonchev–Trinajstić information content (AvgIpc) is 3.26.